The van der Waals surface area contributed by atoms with Gasteiger partial charge < -0.3 is 15.6 Å². The van der Waals surface area contributed by atoms with Crippen molar-refractivity contribution in [1.82, 2.24) is 15.0 Å². The summed E-state index contributed by atoms with van der Waals surface area (Å²) in [6.45, 7) is 2.88. The van der Waals surface area contributed by atoms with Gasteiger partial charge in [0.15, 0.2) is 0 Å². The summed E-state index contributed by atoms with van der Waals surface area (Å²) in [6.07, 6.45) is 9.96. The first kappa shape index (κ1) is 23.9. The highest BCUT2D eigenvalue weighted by Crippen LogP contribution is 2.38. The predicted octanol–water partition coefficient (Wildman–Crippen LogP) is 7.51. The van der Waals surface area contributed by atoms with E-state index in [1.807, 2.05) is 12.4 Å². The number of carbonyl (C=O) groups excluding carboxylic acids is 1. The molecular weight excluding hydrogens is 502 g/mol. The predicted molar refractivity (Wildman–Crippen MR) is 160 cm³/mol. The van der Waals surface area contributed by atoms with E-state index in [2.05, 4.69) is 87.5 Å². The van der Waals surface area contributed by atoms with E-state index in [1.54, 1.807) is 11.3 Å². The Morgan fingerprint density at radius 3 is 2.79 bits per heavy atom. The zero-order valence-electron chi connectivity index (χ0n) is 21.8. The Balaban J connectivity index is 1.27. The largest absolute Gasteiger partial charge is 0.381 e. The van der Waals surface area contributed by atoms with E-state index in [1.165, 1.54) is 5.56 Å². The van der Waals surface area contributed by atoms with Gasteiger partial charge in [-0.3, -0.25) is 9.78 Å². The number of pyridine rings is 1. The van der Waals surface area contributed by atoms with Crippen LogP contribution in [0.25, 0.3) is 38.2 Å². The van der Waals surface area contributed by atoms with Crippen LogP contribution in [0.1, 0.15) is 43.1 Å². The minimum absolute atomic E-state index is 0.140. The van der Waals surface area contributed by atoms with Gasteiger partial charge in [0.05, 0.1) is 11.7 Å². The molecule has 3 N–H and O–H groups in total. The highest BCUT2D eigenvalue weighted by molar-refractivity contribution is 7.13. The molecule has 1 aliphatic heterocycles. The first-order valence-corrected chi connectivity index (χ1v) is 14.5. The van der Waals surface area contributed by atoms with Crippen LogP contribution in [-0.2, 0) is 11.2 Å². The van der Waals surface area contributed by atoms with E-state index in [9.17, 15) is 4.79 Å². The SMILES string of the molecule is CCc1cc(NC(=O)C2CCC2)cc(-c2ccc3c(c2)C(c2nc4c(-c5cccs5)cncc4[nH]2)=CCN3)c1. The van der Waals surface area contributed by atoms with Crippen molar-refractivity contribution in [3.63, 3.8) is 0 Å². The van der Waals surface area contributed by atoms with E-state index in [0.717, 1.165) is 93.2 Å². The number of amides is 1. The Labute approximate surface area is 231 Å². The maximum absolute atomic E-state index is 12.7. The lowest BCUT2D eigenvalue weighted by molar-refractivity contribution is -0.122. The van der Waals surface area contributed by atoms with Crippen molar-refractivity contribution < 1.29 is 4.79 Å². The lowest BCUT2D eigenvalue weighted by Crippen LogP contribution is -2.28. The summed E-state index contributed by atoms with van der Waals surface area (Å²) in [5.74, 6) is 1.13. The van der Waals surface area contributed by atoms with Crippen LogP contribution in [0.4, 0.5) is 11.4 Å². The first-order chi connectivity index (χ1) is 19.2. The fourth-order valence-electron chi connectivity index (χ4n) is 5.42. The minimum Gasteiger partial charge on any atom is -0.381 e. The van der Waals surface area contributed by atoms with Crippen LogP contribution in [-0.4, -0.2) is 27.4 Å². The number of rotatable bonds is 6. The molecule has 0 saturated heterocycles. The van der Waals surface area contributed by atoms with Gasteiger partial charge in [-0.2, -0.15) is 0 Å². The highest BCUT2D eigenvalue weighted by Gasteiger charge is 2.25. The van der Waals surface area contributed by atoms with Crippen LogP contribution >= 0.6 is 11.3 Å². The Bertz CT molecular complexity index is 1730. The van der Waals surface area contributed by atoms with Crippen LogP contribution in [0.3, 0.4) is 0 Å². The van der Waals surface area contributed by atoms with Crippen molar-refractivity contribution in [2.45, 2.75) is 32.6 Å². The standard InChI is InChI=1S/C32H29N5OS/c1-2-19-13-22(15-23(14-19)35-32(38)20-5-3-6-20)21-8-9-27-25(16-21)24(10-11-34-27)31-36-28-18-33-17-26(30(28)37-31)29-7-4-12-39-29/h4,7-10,12-18,20,34H,2-3,5-6,11H2,1H3,(H,35,38)(H,36,37). The summed E-state index contributed by atoms with van der Waals surface area (Å²) < 4.78 is 0. The van der Waals surface area contributed by atoms with Gasteiger partial charge in [-0.15, -0.1) is 11.3 Å². The molecule has 0 unspecified atom stereocenters. The van der Waals surface area contributed by atoms with Gasteiger partial charge in [0.25, 0.3) is 0 Å². The number of fused-ring (bicyclic) bond motifs is 2. The molecular formula is C32H29N5OS. The molecule has 0 spiro atoms. The number of benzene rings is 2. The number of nitrogens with zero attached hydrogens (tertiary/aromatic N) is 2. The smallest absolute Gasteiger partial charge is 0.227 e. The van der Waals surface area contributed by atoms with E-state index in [4.69, 9.17) is 4.98 Å². The molecule has 3 aromatic heterocycles. The Kier molecular flexibility index (Phi) is 6.01. The number of carbonyl (C=O) groups is 1. The summed E-state index contributed by atoms with van der Waals surface area (Å²) in [6, 6.07) is 17.1. The average Bonchev–Trinajstić information content (AvgIpc) is 3.61. The van der Waals surface area contributed by atoms with Crippen molar-refractivity contribution in [3.05, 3.63) is 89.3 Å². The number of aryl methyl sites for hydroxylation is 1. The third-order valence-corrected chi connectivity index (χ3v) is 8.73. The fraction of sp³-hybridized carbons (Fsp3) is 0.219. The van der Waals surface area contributed by atoms with Gasteiger partial charge >= 0.3 is 0 Å². The number of aromatic nitrogens is 3. The van der Waals surface area contributed by atoms with Crippen molar-refractivity contribution in [1.29, 1.82) is 0 Å². The zero-order chi connectivity index (χ0) is 26.3. The third-order valence-electron chi connectivity index (χ3n) is 7.82. The molecule has 0 radical (unpaired) electrons. The molecule has 1 aliphatic carbocycles. The summed E-state index contributed by atoms with van der Waals surface area (Å²) in [4.78, 5) is 26.9. The molecule has 194 valence electrons. The van der Waals surface area contributed by atoms with Crippen LogP contribution in [0.2, 0.25) is 0 Å². The molecule has 39 heavy (non-hydrogen) atoms. The number of aromatic amines is 1. The molecule has 7 heteroatoms. The summed E-state index contributed by atoms with van der Waals surface area (Å²) >= 11 is 1.69. The van der Waals surface area contributed by atoms with E-state index in [-0.39, 0.29) is 11.8 Å². The van der Waals surface area contributed by atoms with E-state index < -0.39 is 0 Å². The van der Waals surface area contributed by atoms with E-state index >= 15 is 0 Å². The molecule has 6 nitrogen and oxygen atoms in total. The third kappa shape index (κ3) is 4.42. The quantitative estimate of drug-likeness (QED) is 0.212. The Morgan fingerprint density at radius 2 is 2.00 bits per heavy atom. The molecule has 2 aromatic carbocycles. The molecule has 2 aliphatic rings. The maximum atomic E-state index is 12.7. The van der Waals surface area contributed by atoms with Crippen molar-refractivity contribution in [2.75, 3.05) is 17.2 Å². The molecule has 1 saturated carbocycles. The average molecular weight is 532 g/mol. The normalized spacial score (nSPS) is 14.8. The monoisotopic (exact) mass is 531 g/mol. The number of hydrogen-bond donors (Lipinski definition) is 3. The second kappa shape index (κ2) is 9.82. The molecule has 0 atom stereocenters. The number of hydrogen-bond acceptors (Lipinski definition) is 5. The van der Waals surface area contributed by atoms with Gasteiger partial charge in [0, 0.05) is 51.6 Å². The number of nitrogens with one attached hydrogen (secondary N) is 3. The number of imidazole rings is 1. The molecule has 7 rings (SSSR count). The van der Waals surface area contributed by atoms with Crippen LogP contribution < -0.4 is 10.6 Å². The van der Waals surface area contributed by atoms with Gasteiger partial charge in [0.1, 0.15) is 11.3 Å². The molecule has 0 bridgehead atoms. The van der Waals surface area contributed by atoms with Crippen LogP contribution in [0, 0.1) is 5.92 Å². The first-order valence-electron chi connectivity index (χ1n) is 13.6. The second-order valence-electron chi connectivity index (χ2n) is 10.3. The van der Waals surface area contributed by atoms with Gasteiger partial charge in [-0.1, -0.05) is 37.6 Å². The maximum Gasteiger partial charge on any atom is 0.227 e. The molecule has 4 heterocycles. The Morgan fingerprint density at radius 1 is 1.08 bits per heavy atom. The van der Waals surface area contributed by atoms with Gasteiger partial charge in [0.2, 0.25) is 5.91 Å². The second-order valence-corrected chi connectivity index (χ2v) is 11.2. The minimum atomic E-state index is 0.140. The number of anilines is 2. The summed E-state index contributed by atoms with van der Waals surface area (Å²) in [7, 11) is 0. The molecule has 5 aromatic rings. The zero-order valence-corrected chi connectivity index (χ0v) is 22.6. The fourth-order valence-corrected chi connectivity index (χ4v) is 6.16. The van der Waals surface area contributed by atoms with Gasteiger partial charge in [-0.05, 0) is 71.7 Å². The van der Waals surface area contributed by atoms with Crippen LogP contribution in [0.5, 0.6) is 0 Å². The van der Waals surface area contributed by atoms with Crippen molar-refractivity contribution >= 4 is 45.2 Å². The lowest BCUT2D eigenvalue weighted by Gasteiger charge is -2.24. The van der Waals surface area contributed by atoms with Gasteiger partial charge in [-0.25, -0.2) is 4.98 Å². The van der Waals surface area contributed by atoms with Crippen molar-refractivity contribution in [2.24, 2.45) is 5.92 Å². The summed E-state index contributed by atoms with van der Waals surface area (Å²) in [5, 5.41) is 8.76. The summed E-state index contributed by atoms with van der Waals surface area (Å²) in [5.41, 5.74) is 10.4. The molecule has 1 fully saturated rings. The Hall–Kier alpha value is -4.23. The van der Waals surface area contributed by atoms with Crippen molar-refractivity contribution in [3.8, 4) is 21.6 Å². The lowest BCUT2D eigenvalue weighted by atomic mass is 9.85. The topological polar surface area (TPSA) is 82.7 Å². The molecule has 1 amide bonds. The van der Waals surface area contributed by atoms with E-state index in [0.29, 0.717) is 0 Å². The van der Waals surface area contributed by atoms with Crippen LogP contribution in [0.15, 0.2) is 72.4 Å². The highest BCUT2D eigenvalue weighted by atomic mass is 32.1. The number of H-pyrrole nitrogens is 1. The number of thiophene rings is 1.